The van der Waals surface area contributed by atoms with E-state index in [9.17, 15) is 23.1 Å². The number of nitrogens with one attached hydrogen (secondary N) is 1. The molecule has 0 saturated carbocycles. The highest BCUT2D eigenvalue weighted by molar-refractivity contribution is 6.01. The molecule has 0 fully saturated rings. The largest absolute Gasteiger partial charge is 0.507 e. The molecular weight excluding hydrogens is 333 g/mol. The van der Waals surface area contributed by atoms with Crippen molar-refractivity contribution in [2.24, 2.45) is 5.10 Å². The summed E-state index contributed by atoms with van der Waals surface area (Å²) < 4.78 is 39.4. The molecule has 7 heteroatoms. The van der Waals surface area contributed by atoms with Crippen LogP contribution in [0.2, 0.25) is 0 Å². The van der Waals surface area contributed by atoms with Gasteiger partial charge in [-0.2, -0.15) is 5.10 Å². The maximum absolute atomic E-state index is 13.5. The Hall–Kier alpha value is -3.35. The number of halogens is 3. The zero-order valence-corrected chi connectivity index (χ0v) is 12.6. The highest BCUT2D eigenvalue weighted by Crippen LogP contribution is 2.24. The number of fused-ring (bicyclic) bond motifs is 1. The summed E-state index contributed by atoms with van der Waals surface area (Å²) in [5, 5.41) is 14.9. The Kier molecular flexibility index (Phi) is 4.38. The van der Waals surface area contributed by atoms with Crippen LogP contribution >= 0.6 is 0 Å². The molecule has 0 unspecified atom stereocenters. The third-order valence-electron chi connectivity index (χ3n) is 3.54. The van der Waals surface area contributed by atoms with Gasteiger partial charge in [-0.15, -0.1) is 0 Å². The van der Waals surface area contributed by atoms with E-state index in [4.69, 9.17) is 0 Å². The van der Waals surface area contributed by atoms with E-state index >= 15 is 0 Å². The minimum atomic E-state index is -1.62. The van der Waals surface area contributed by atoms with Gasteiger partial charge in [-0.25, -0.2) is 18.6 Å². The van der Waals surface area contributed by atoms with E-state index in [0.717, 1.165) is 29.1 Å². The minimum Gasteiger partial charge on any atom is -0.507 e. The van der Waals surface area contributed by atoms with Gasteiger partial charge in [-0.05, 0) is 35.0 Å². The molecule has 3 rings (SSSR count). The number of amides is 1. The number of phenolic OH excluding ortho intramolecular Hbond substituents is 1. The Balaban J connectivity index is 1.81. The lowest BCUT2D eigenvalue weighted by Gasteiger charge is -2.06. The topological polar surface area (TPSA) is 61.7 Å². The van der Waals surface area contributed by atoms with E-state index < -0.39 is 23.4 Å². The van der Waals surface area contributed by atoms with Gasteiger partial charge in [-0.1, -0.05) is 24.3 Å². The fourth-order valence-corrected chi connectivity index (χ4v) is 2.27. The van der Waals surface area contributed by atoms with Gasteiger partial charge in [0.2, 0.25) is 0 Å². The summed E-state index contributed by atoms with van der Waals surface area (Å²) in [4.78, 5) is 12.1. The lowest BCUT2D eigenvalue weighted by Crippen LogP contribution is -2.18. The molecule has 0 bridgehead atoms. The number of carbonyl (C=O) groups excluding carboxylic acids is 1. The molecule has 25 heavy (non-hydrogen) atoms. The molecule has 0 aromatic heterocycles. The van der Waals surface area contributed by atoms with Crippen molar-refractivity contribution >= 4 is 22.9 Å². The van der Waals surface area contributed by atoms with Crippen LogP contribution in [0.15, 0.2) is 53.6 Å². The van der Waals surface area contributed by atoms with Crippen LogP contribution in [0.4, 0.5) is 13.2 Å². The zero-order valence-electron chi connectivity index (χ0n) is 12.6. The van der Waals surface area contributed by atoms with Crippen molar-refractivity contribution in [3.63, 3.8) is 0 Å². The molecule has 0 aliphatic carbocycles. The van der Waals surface area contributed by atoms with Crippen molar-refractivity contribution < 1.29 is 23.1 Å². The zero-order chi connectivity index (χ0) is 18.0. The molecule has 0 heterocycles. The molecule has 0 radical (unpaired) electrons. The van der Waals surface area contributed by atoms with E-state index in [2.05, 4.69) is 10.5 Å². The van der Waals surface area contributed by atoms with Crippen molar-refractivity contribution in [2.45, 2.75) is 0 Å². The van der Waals surface area contributed by atoms with E-state index in [1.165, 1.54) is 12.1 Å². The van der Waals surface area contributed by atoms with Crippen molar-refractivity contribution in [3.8, 4) is 5.75 Å². The summed E-state index contributed by atoms with van der Waals surface area (Å²) >= 11 is 0. The van der Waals surface area contributed by atoms with E-state index in [1.54, 1.807) is 24.3 Å². The first kappa shape index (κ1) is 16.5. The predicted molar refractivity (Wildman–Crippen MR) is 87.0 cm³/mol. The second-order valence-electron chi connectivity index (χ2n) is 5.18. The van der Waals surface area contributed by atoms with Gasteiger partial charge in [0, 0.05) is 5.56 Å². The van der Waals surface area contributed by atoms with Gasteiger partial charge in [0.1, 0.15) is 5.75 Å². The number of phenols is 1. The van der Waals surface area contributed by atoms with Crippen LogP contribution in [0.1, 0.15) is 15.9 Å². The lowest BCUT2D eigenvalue weighted by molar-refractivity contribution is 0.0952. The molecule has 3 aromatic carbocycles. The molecule has 0 atom stereocenters. The van der Waals surface area contributed by atoms with E-state index in [-0.39, 0.29) is 16.9 Å². The van der Waals surface area contributed by atoms with Gasteiger partial charge in [0.25, 0.3) is 5.91 Å². The minimum absolute atomic E-state index is 0.0263. The Morgan fingerprint density at radius 3 is 2.40 bits per heavy atom. The summed E-state index contributed by atoms with van der Waals surface area (Å²) in [6, 6.07) is 11.8. The fourth-order valence-electron chi connectivity index (χ4n) is 2.27. The normalized spacial score (nSPS) is 11.2. The summed E-state index contributed by atoms with van der Waals surface area (Å²) in [6.07, 6.45) is 0.841. The molecule has 0 spiro atoms. The average molecular weight is 344 g/mol. The van der Waals surface area contributed by atoms with Gasteiger partial charge in [0.05, 0.1) is 11.8 Å². The van der Waals surface area contributed by atoms with Crippen LogP contribution in [-0.4, -0.2) is 17.2 Å². The van der Waals surface area contributed by atoms with Crippen LogP contribution in [0.3, 0.4) is 0 Å². The van der Waals surface area contributed by atoms with Crippen molar-refractivity contribution in [1.82, 2.24) is 5.43 Å². The highest BCUT2D eigenvalue weighted by Gasteiger charge is 2.13. The number of carbonyl (C=O) groups is 1. The predicted octanol–water partition coefficient (Wildman–Crippen LogP) is 3.73. The van der Waals surface area contributed by atoms with Gasteiger partial charge in [-0.3, -0.25) is 4.79 Å². The number of hydrogen-bond donors (Lipinski definition) is 2. The first-order valence-electron chi connectivity index (χ1n) is 7.16. The standard InChI is InChI=1S/C18H11F3N2O2/c19-14-6-5-12(16(20)17(14)21)9-22-23-18(25)13-7-10-3-1-2-4-11(10)8-15(13)24/h1-9,24H,(H,23,25)/b22-9+. The van der Waals surface area contributed by atoms with Crippen LogP contribution in [0.25, 0.3) is 10.8 Å². The van der Waals surface area contributed by atoms with E-state index in [1.807, 2.05) is 0 Å². The number of aromatic hydroxyl groups is 1. The molecule has 3 aromatic rings. The molecule has 4 nitrogen and oxygen atoms in total. The average Bonchev–Trinajstić information content (AvgIpc) is 2.61. The second-order valence-corrected chi connectivity index (χ2v) is 5.18. The summed E-state index contributed by atoms with van der Waals surface area (Å²) in [5.41, 5.74) is 1.74. The van der Waals surface area contributed by atoms with Crippen LogP contribution in [-0.2, 0) is 0 Å². The number of hydrazone groups is 1. The molecular formula is C18H11F3N2O2. The molecule has 0 aliphatic rings. The first-order chi connectivity index (χ1) is 12.0. The summed E-state index contributed by atoms with van der Waals surface area (Å²) in [6.45, 7) is 0. The molecule has 2 N–H and O–H groups in total. The van der Waals surface area contributed by atoms with Gasteiger partial charge < -0.3 is 5.11 Å². The van der Waals surface area contributed by atoms with Crippen molar-refractivity contribution in [2.75, 3.05) is 0 Å². The number of hydrogen-bond acceptors (Lipinski definition) is 3. The third kappa shape index (κ3) is 3.30. The highest BCUT2D eigenvalue weighted by atomic mass is 19.2. The molecule has 0 aliphatic heterocycles. The monoisotopic (exact) mass is 344 g/mol. The van der Waals surface area contributed by atoms with Crippen molar-refractivity contribution in [1.29, 1.82) is 0 Å². The maximum Gasteiger partial charge on any atom is 0.275 e. The second kappa shape index (κ2) is 6.64. The first-order valence-corrected chi connectivity index (χ1v) is 7.16. The molecule has 1 amide bonds. The Morgan fingerprint density at radius 1 is 1.00 bits per heavy atom. The smallest absolute Gasteiger partial charge is 0.275 e. The Morgan fingerprint density at radius 2 is 1.68 bits per heavy atom. The number of rotatable bonds is 3. The fraction of sp³-hybridized carbons (Fsp3) is 0. The quantitative estimate of drug-likeness (QED) is 0.432. The van der Waals surface area contributed by atoms with Crippen LogP contribution in [0, 0.1) is 17.5 Å². The maximum atomic E-state index is 13.5. The lowest BCUT2D eigenvalue weighted by atomic mass is 10.1. The van der Waals surface area contributed by atoms with Gasteiger partial charge >= 0.3 is 0 Å². The number of nitrogens with zero attached hydrogens (tertiary/aromatic N) is 1. The molecule has 126 valence electrons. The van der Waals surface area contributed by atoms with Gasteiger partial charge in [0.15, 0.2) is 17.5 Å². The SMILES string of the molecule is O=C(N/N=C/c1ccc(F)c(F)c1F)c1cc2ccccc2cc1O. The summed E-state index contributed by atoms with van der Waals surface area (Å²) in [5.74, 6) is -5.33. The third-order valence-corrected chi connectivity index (χ3v) is 3.54. The summed E-state index contributed by atoms with van der Waals surface area (Å²) in [7, 11) is 0. The Bertz CT molecular complexity index is 1000. The van der Waals surface area contributed by atoms with Crippen molar-refractivity contribution in [3.05, 3.63) is 77.1 Å². The number of benzene rings is 3. The van der Waals surface area contributed by atoms with Crippen LogP contribution < -0.4 is 5.43 Å². The Labute approximate surface area is 140 Å². The molecule has 0 saturated heterocycles. The van der Waals surface area contributed by atoms with Crippen LogP contribution in [0.5, 0.6) is 5.75 Å². The van der Waals surface area contributed by atoms with E-state index in [0.29, 0.717) is 0 Å².